The molecular formula is C65H71Cl2N12NaO9S. The van der Waals surface area contributed by atoms with Gasteiger partial charge in [-0.15, -0.1) is 0 Å². The van der Waals surface area contributed by atoms with Crippen molar-refractivity contribution in [3.63, 3.8) is 0 Å². The molecule has 6 heterocycles. The maximum Gasteiger partial charge on any atom is 1.00 e. The fourth-order valence-electron chi connectivity index (χ4n) is 10.1. The summed E-state index contributed by atoms with van der Waals surface area (Å²) in [5.74, 6) is 0.247. The van der Waals surface area contributed by atoms with Crippen molar-refractivity contribution in [3.8, 4) is 28.2 Å². The van der Waals surface area contributed by atoms with Crippen LogP contribution in [0.15, 0.2) is 152 Å². The summed E-state index contributed by atoms with van der Waals surface area (Å²) >= 11 is 12.4. The van der Waals surface area contributed by atoms with Crippen molar-refractivity contribution in [1.29, 1.82) is 0 Å². The minimum absolute atomic E-state index is 0. The number of rotatable bonds is 11. The van der Waals surface area contributed by atoms with Gasteiger partial charge in [0.25, 0.3) is 0 Å². The maximum absolute atomic E-state index is 13.1. The van der Waals surface area contributed by atoms with E-state index in [-0.39, 0.29) is 78.3 Å². The summed E-state index contributed by atoms with van der Waals surface area (Å²) in [6, 6.07) is 41.0. The average Bonchev–Trinajstić information content (AvgIpc) is 1.74. The van der Waals surface area contributed by atoms with Crippen molar-refractivity contribution in [2.75, 3.05) is 47.4 Å². The van der Waals surface area contributed by atoms with Gasteiger partial charge < -0.3 is 55.6 Å². The molecule has 0 atom stereocenters. The number of piperidine rings is 2. The SMILES string of the molecule is C.CC(C)(C)OC(=O)N1CCC(C(=O)Nc2cccc(Nc3ncc(Cl)c(-c4c[nH]c5ccccc45)n3)c2)CC1.CC(C)(C)OC(=O)N1CCC(C(=O)Nc2cccc(Nc3ncc(Cl)c(-c4cn(-c5ccccc5)c5ccccc45)n3)c2)CC1.O=S=O.[Na+].[OH-]. The number of H-pyrrole nitrogens is 1. The van der Waals surface area contributed by atoms with Crippen molar-refractivity contribution in [1.82, 2.24) is 39.3 Å². The number of anilines is 6. The number of halogens is 2. The molecular weight excluding hydrogens is 1220 g/mol. The van der Waals surface area contributed by atoms with Gasteiger partial charge in [0, 0.05) is 106 Å². The Morgan fingerprint density at radius 3 is 1.48 bits per heavy atom. The third kappa shape index (κ3) is 18.7. The number of amides is 4. The van der Waals surface area contributed by atoms with Crippen LogP contribution in [0.1, 0.15) is 74.7 Å². The first-order valence-corrected chi connectivity index (χ1v) is 29.7. The number of aromatic amines is 1. The van der Waals surface area contributed by atoms with Gasteiger partial charge in [0.1, 0.15) is 11.2 Å². The number of nitrogens with one attached hydrogen (secondary N) is 5. The molecule has 0 bridgehead atoms. The normalized spacial score (nSPS) is 13.3. The Balaban J connectivity index is 0.000000268. The van der Waals surface area contributed by atoms with E-state index in [1.165, 1.54) is 0 Å². The van der Waals surface area contributed by atoms with Gasteiger partial charge in [-0.3, -0.25) is 9.59 Å². The maximum atomic E-state index is 13.1. The molecule has 2 saturated heterocycles. The molecule has 6 N–H and O–H groups in total. The van der Waals surface area contributed by atoms with E-state index in [0.29, 0.717) is 102 Å². The predicted octanol–water partition coefficient (Wildman–Crippen LogP) is 11.5. The average molecular weight is 1290 g/mol. The van der Waals surface area contributed by atoms with Crippen LogP contribution < -0.4 is 50.8 Å². The van der Waals surface area contributed by atoms with Crippen molar-refractivity contribution in [3.05, 3.63) is 162 Å². The van der Waals surface area contributed by atoms with E-state index in [9.17, 15) is 19.2 Å². The quantitative estimate of drug-likeness (QED) is 0.0753. The number of nitrogens with zero attached hydrogens (tertiary/aromatic N) is 7. The molecule has 0 radical (unpaired) electrons. The van der Waals surface area contributed by atoms with Crippen LogP contribution in [-0.2, 0) is 30.6 Å². The van der Waals surface area contributed by atoms with Crippen LogP contribution in [0.4, 0.5) is 44.2 Å². The second-order valence-corrected chi connectivity index (χ2v) is 23.7. The second kappa shape index (κ2) is 32.0. The number of para-hydroxylation sites is 3. The van der Waals surface area contributed by atoms with E-state index in [1.807, 2.05) is 157 Å². The van der Waals surface area contributed by atoms with Crippen molar-refractivity contribution < 1.29 is 72.1 Å². The molecule has 5 aromatic carbocycles. The first-order valence-electron chi connectivity index (χ1n) is 28.2. The largest absolute Gasteiger partial charge is 1.00 e. The summed E-state index contributed by atoms with van der Waals surface area (Å²) in [5, 5.41) is 15.4. The molecule has 21 nitrogen and oxygen atoms in total. The monoisotopic (exact) mass is 1290 g/mol. The number of ether oxygens (including phenoxy) is 2. The van der Waals surface area contributed by atoms with Crippen LogP contribution in [0.25, 0.3) is 50.0 Å². The molecule has 4 aromatic heterocycles. The number of hydrogen-bond donors (Lipinski definition) is 5. The zero-order valence-electron chi connectivity index (χ0n) is 50.3. The van der Waals surface area contributed by atoms with Gasteiger partial charge in [-0.1, -0.05) is 97.4 Å². The molecule has 0 unspecified atom stereocenters. The molecule has 4 amide bonds. The third-order valence-corrected chi connectivity index (χ3v) is 14.7. The summed E-state index contributed by atoms with van der Waals surface area (Å²) in [6.07, 6.45) is 8.74. The number of carbonyl (C=O) groups is 4. The van der Waals surface area contributed by atoms with Crippen LogP contribution in [0.2, 0.25) is 10.0 Å². The molecule has 9 aromatic rings. The van der Waals surface area contributed by atoms with Crippen LogP contribution in [-0.4, -0.2) is 115 Å². The Bertz CT molecular complexity index is 3970. The van der Waals surface area contributed by atoms with E-state index in [2.05, 4.69) is 70.0 Å². The Labute approximate surface area is 558 Å². The van der Waals surface area contributed by atoms with E-state index in [0.717, 1.165) is 44.3 Å². The Morgan fingerprint density at radius 2 is 1.00 bits per heavy atom. The minimum atomic E-state index is -0.750. The Hall–Kier alpha value is -8.22. The van der Waals surface area contributed by atoms with E-state index in [1.54, 1.807) is 22.2 Å². The van der Waals surface area contributed by atoms with Gasteiger partial charge in [-0.2, -0.15) is 8.42 Å². The Morgan fingerprint density at radius 1 is 0.578 bits per heavy atom. The molecule has 0 saturated carbocycles. The fraction of sp³-hybridized carbons (Fsp3) is 0.292. The fourth-order valence-corrected chi connectivity index (χ4v) is 10.5. The molecule has 2 aliphatic heterocycles. The third-order valence-electron chi connectivity index (χ3n) is 14.1. The number of hydrogen-bond acceptors (Lipinski definition) is 15. The summed E-state index contributed by atoms with van der Waals surface area (Å²) in [6.45, 7) is 13.0. The van der Waals surface area contributed by atoms with E-state index in [4.69, 9.17) is 46.1 Å². The number of benzene rings is 5. The molecule has 90 heavy (non-hydrogen) atoms. The van der Waals surface area contributed by atoms with E-state index < -0.39 is 22.8 Å². The number of likely N-dealkylation sites (tertiary alicyclic amines) is 2. The topological polar surface area (TPSA) is 278 Å². The van der Waals surface area contributed by atoms with Crippen LogP contribution >= 0.6 is 23.2 Å². The second-order valence-electron chi connectivity index (χ2n) is 22.7. The summed E-state index contributed by atoms with van der Waals surface area (Å²) in [7, 11) is 0. The first kappa shape index (κ1) is 70.9. The van der Waals surface area contributed by atoms with Gasteiger partial charge >= 0.3 is 53.3 Å². The molecule has 0 spiro atoms. The zero-order chi connectivity index (χ0) is 61.8. The van der Waals surface area contributed by atoms with Gasteiger partial charge in [-0.25, -0.2) is 29.5 Å². The Kier molecular flexibility index (Phi) is 25.2. The number of fused-ring (bicyclic) bond motifs is 2. The predicted molar refractivity (Wildman–Crippen MR) is 349 cm³/mol. The number of aromatic nitrogens is 6. The van der Waals surface area contributed by atoms with Gasteiger partial charge in [0.05, 0.1) is 39.3 Å². The zero-order valence-corrected chi connectivity index (χ0v) is 54.6. The van der Waals surface area contributed by atoms with Gasteiger partial charge in [-0.05, 0) is 128 Å². The standard InChI is InChI=1S/C35H35ClN6O3.C29H31ClN6O3.CH4.Na.O2S.H2O/c1-35(2,3)45-34(44)41-18-16-23(17-19-41)32(43)38-24-10-9-11-25(20-24)39-33-37-21-29(36)31(40-33)28-22-42(26-12-5-4-6-13-26)30-15-8-7-14-27(28)30;1-29(2,3)39-28(38)36-13-11-18(12-14-36)26(37)33-19-7-6-8-20(15-19)34-27-32-17-23(30)25(35-27)22-16-31-24-10-5-4-9-21(22)24;;;1-3-2;/h4-15,20-23H,16-19H2,1-3H3,(H,38,43)(H,37,39,40);4-10,15-18,31H,11-14H2,1-3H3,(H,33,37)(H,32,34,35);1H4;;;1H2/q;;;+1;;/p-1. The number of carbonyl (C=O) groups excluding carboxylic acids is 4. The minimum Gasteiger partial charge on any atom is -0.870 e. The first-order chi connectivity index (χ1) is 41.7. The van der Waals surface area contributed by atoms with Crippen molar-refractivity contribution >= 4 is 115 Å². The summed E-state index contributed by atoms with van der Waals surface area (Å²) in [5.41, 5.74) is 7.75. The van der Waals surface area contributed by atoms with Gasteiger partial charge in [0.2, 0.25) is 23.7 Å². The molecule has 25 heteroatoms. The van der Waals surface area contributed by atoms with Crippen LogP contribution in [0.3, 0.4) is 0 Å². The molecule has 2 aliphatic rings. The summed E-state index contributed by atoms with van der Waals surface area (Å²) < 4.78 is 29.6. The van der Waals surface area contributed by atoms with E-state index >= 15 is 0 Å². The molecule has 11 rings (SSSR count). The van der Waals surface area contributed by atoms with Crippen molar-refractivity contribution in [2.24, 2.45) is 11.8 Å². The van der Waals surface area contributed by atoms with Crippen LogP contribution in [0.5, 0.6) is 0 Å². The molecule has 2 fully saturated rings. The summed E-state index contributed by atoms with van der Waals surface area (Å²) in [4.78, 5) is 75.5. The van der Waals surface area contributed by atoms with Crippen LogP contribution in [0, 0.1) is 11.8 Å². The smallest absolute Gasteiger partial charge is 0.870 e. The van der Waals surface area contributed by atoms with Crippen molar-refractivity contribution in [2.45, 2.75) is 85.9 Å². The molecule has 466 valence electrons. The molecule has 0 aliphatic carbocycles. The van der Waals surface area contributed by atoms with Gasteiger partial charge in [0.15, 0.2) is 0 Å².